The molecule has 0 spiro atoms. The van der Waals surface area contributed by atoms with E-state index < -0.39 is 0 Å². The van der Waals surface area contributed by atoms with Crippen molar-refractivity contribution in [1.29, 1.82) is 0 Å². The molecule has 4 aromatic heterocycles. The summed E-state index contributed by atoms with van der Waals surface area (Å²) in [6.45, 7) is 0. The van der Waals surface area contributed by atoms with Crippen LogP contribution in [0.25, 0.3) is 102 Å². The molecular weight excluding hydrogens is 781 g/mol. The molecule has 0 saturated carbocycles. The van der Waals surface area contributed by atoms with Crippen molar-refractivity contribution in [2.24, 2.45) is 0 Å². The van der Waals surface area contributed by atoms with Crippen molar-refractivity contribution in [3.8, 4) is 55.8 Å². The summed E-state index contributed by atoms with van der Waals surface area (Å²) in [6, 6.07) is 59.9. The molecule has 5 aromatic carbocycles. The van der Waals surface area contributed by atoms with Crippen LogP contribution in [-0.2, 0) is 16.5 Å². The zero-order valence-electron chi connectivity index (χ0n) is 32.0. The van der Waals surface area contributed by atoms with Crippen molar-refractivity contribution in [3.63, 3.8) is 0 Å². The average molecular weight is 815 g/mol. The normalized spacial score (nSPS) is 11.9. The van der Waals surface area contributed by atoms with Crippen LogP contribution in [0.4, 0.5) is 0 Å². The van der Waals surface area contributed by atoms with Crippen molar-refractivity contribution in [2.45, 2.75) is 0 Å². The minimum Gasteiger partial charge on any atom is -0.657 e. The molecule has 2 aliphatic rings. The van der Waals surface area contributed by atoms with Crippen LogP contribution in [-0.4, -0.2) is 25.0 Å². The second kappa shape index (κ2) is 15.6. The topological polar surface area (TPSA) is 84.7 Å². The molecule has 0 N–H and O–H groups in total. The van der Waals surface area contributed by atoms with Crippen molar-refractivity contribution in [3.05, 3.63) is 205 Å². The van der Waals surface area contributed by atoms with E-state index in [2.05, 4.69) is 120 Å². The van der Waals surface area contributed by atoms with Gasteiger partial charge in [-0.3, -0.25) is 0 Å². The van der Waals surface area contributed by atoms with Crippen molar-refractivity contribution in [1.82, 2.24) is 34.9 Å². The van der Waals surface area contributed by atoms with E-state index in [9.17, 15) is 0 Å². The van der Waals surface area contributed by atoms with Gasteiger partial charge < -0.3 is 9.97 Å². The smallest absolute Gasteiger partial charge is 0.657 e. The van der Waals surface area contributed by atoms with Gasteiger partial charge in [0, 0.05) is 5.56 Å². The Morgan fingerprint density at radius 1 is 0.383 bits per heavy atom. The van der Waals surface area contributed by atoms with Gasteiger partial charge >= 0.3 is 16.5 Å². The van der Waals surface area contributed by atoms with Crippen LogP contribution in [0.5, 0.6) is 0 Å². The largest absolute Gasteiger partial charge is 2.00 e. The fraction of sp³-hybridized carbons (Fsp3) is 0. The molecular formula is C52H33N7Ni. The maximum absolute atomic E-state index is 5.58. The molecule has 8 heteroatoms. The molecule has 0 radical (unpaired) electrons. The number of fused-ring (bicyclic) bond motifs is 8. The Labute approximate surface area is 356 Å². The van der Waals surface area contributed by atoms with E-state index in [1.807, 2.05) is 89.7 Å². The van der Waals surface area contributed by atoms with E-state index in [-0.39, 0.29) is 16.5 Å². The van der Waals surface area contributed by atoms with Crippen LogP contribution in [0.3, 0.4) is 0 Å². The summed E-state index contributed by atoms with van der Waals surface area (Å²) in [5, 5.41) is 9.37. The Kier molecular flexibility index (Phi) is 9.53. The van der Waals surface area contributed by atoms with Gasteiger partial charge in [-0.1, -0.05) is 181 Å². The first-order valence-corrected chi connectivity index (χ1v) is 19.5. The van der Waals surface area contributed by atoms with Crippen molar-refractivity contribution >= 4 is 46.0 Å². The van der Waals surface area contributed by atoms with E-state index in [4.69, 9.17) is 25.1 Å². The molecule has 60 heavy (non-hydrogen) atoms. The van der Waals surface area contributed by atoms with Crippen LogP contribution in [0.2, 0.25) is 0 Å². The third-order valence-corrected chi connectivity index (χ3v) is 10.8. The fourth-order valence-electron chi connectivity index (χ4n) is 8.05. The minimum absolute atomic E-state index is 0. The third-order valence-electron chi connectivity index (χ3n) is 10.8. The zero-order valence-corrected chi connectivity index (χ0v) is 33.0. The molecule has 8 bridgehead atoms. The van der Waals surface area contributed by atoms with E-state index in [0.29, 0.717) is 0 Å². The number of benzene rings is 5. The van der Waals surface area contributed by atoms with Crippen molar-refractivity contribution < 1.29 is 16.5 Å². The fourth-order valence-corrected chi connectivity index (χ4v) is 8.05. The SMILES string of the molecule is C1=Cc2nc1c(-c1ccccc1)c1ccc([n-]1)c(-c1ccccc1)c1nc(c(-c3ccccc3)c3ccc([n-]3)c2-c2ccccc2)C(n2cc(-c3ccccc3)nn2)=C1.[Ni+2]. The van der Waals surface area contributed by atoms with Gasteiger partial charge in [0.25, 0.3) is 0 Å². The summed E-state index contributed by atoms with van der Waals surface area (Å²) in [7, 11) is 0. The van der Waals surface area contributed by atoms with Crippen LogP contribution < -0.4 is 9.97 Å². The number of rotatable bonds is 6. The Morgan fingerprint density at radius 3 is 1.22 bits per heavy atom. The van der Waals surface area contributed by atoms with E-state index in [1.165, 1.54) is 0 Å². The molecule has 9 aromatic rings. The molecule has 0 aliphatic carbocycles. The number of aromatic nitrogens is 7. The predicted molar refractivity (Wildman–Crippen MR) is 238 cm³/mol. The third kappa shape index (κ3) is 6.59. The Balaban J connectivity index is 0.00000433. The van der Waals surface area contributed by atoms with Crippen LogP contribution in [0.1, 0.15) is 22.8 Å². The summed E-state index contributed by atoms with van der Waals surface area (Å²) < 4.78 is 1.83. The Morgan fingerprint density at radius 2 is 0.767 bits per heavy atom. The molecule has 0 amide bonds. The van der Waals surface area contributed by atoms with Crippen molar-refractivity contribution in [2.75, 3.05) is 0 Å². The van der Waals surface area contributed by atoms with Gasteiger partial charge in [-0.15, -0.1) is 27.2 Å². The summed E-state index contributed by atoms with van der Waals surface area (Å²) in [4.78, 5) is 21.8. The van der Waals surface area contributed by atoms with Crippen LogP contribution in [0, 0.1) is 0 Å². The molecule has 7 nitrogen and oxygen atoms in total. The summed E-state index contributed by atoms with van der Waals surface area (Å²) >= 11 is 0. The Hall–Kier alpha value is -7.67. The quantitative estimate of drug-likeness (QED) is 0.155. The molecule has 286 valence electrons. The molecule has 2 aliphatic heterocycles. The average Bonchev–Trinajstić information content (AvgIpc) is 4.16. The zero-order chi connectivity index (χ0) is 39.1. The molecule has 11 rings (SSSR count). The molecule has 0 fully saturated rings. The number of nitrogens with zero attached hydrogens (tertiary/aromatic N) is 7. The maximum Gasteiger partial charge on any atom is 2.00 e. The summed E-state index contributed by atoms with van der Waals surface area (Å²) in [6.07, 6.45) is 8.27. The first-order chi connectivity index (χ1) is 29.2. The molecule has 0 unspecified atom stereocenters. The van der Waals surface area contributed by atoms with E-state index >= 15 is 0 Å². The van der Waals surface area contributed by atoms with Crippen LogP contribution >= 0.6 is 0 Å². The second-order valence-corrected chi connectivity index (χ2v) is 14.4. The first-order valence-electron chi connectivity index (χ1n) is 19.5. The van der Waals surface area contributed by atoms with Gasteiger partial charge in [-0.2, -0.15) is 0 Å². The van der Waals surface area contributed by atoms with Gasteiger partial charge in [-0.05, 0) is 62.7 Å². The first kappa shape index (κ1) is 36.7. The number of hydrogen-bond donors (Lipinski definition) is 0. The van der Waals surface area contributed by atoms with Crippen LogP contribution in [0.15, 0.2) is 182 Å². The van der Waals surface area contributed by atoms with E-state index in [1.54, 1.807) is 0 Å². The predicted octanol–water partition coefficient (Wildman–Crippen LogP) is 11.7. The molecule has 6 heterocycles. The van der Waals surface area contributed by atoms with Gasteiger partial charge in [-0.25, -0.2) is 14.6 Å². The van der Waals surface area contributed by atoms with Gasteiger partial charge in [0.05, 0.1) is 34.7 Å². The summed E-state index contributed by atoms with van der Waals surface area (Å²) in [5.41, 5.74) is 16.5. The van der Waals surface area contributed by atoms with Gasteiger partial charge in [0.15, 0.2) is 0 Å². The minimum atomic E-state index is 0. The molecule has 0 saturated heterocycles. The van der Waals surface area contributed by atoms with E-state index in [0.717, 1.165) is 106 Å². The standard InChI is InChI=1S/C52H33N7.Ni/c1-6-16-34(17-7-1)46-33-59(58-57-46)47-32-45-50(37-22-12-4-13-23-37)43-29-28-41(54-43)48(35-18-8-2-9-19-35)39-26-27-40(53-39)49(36-20-10-3-11-21-36)42-30-31-44(55-42)51(52(47)56-45)38-24-14-5-15-25-38;/h1-33H;/q-2;+2. The number of hydrogen-bond acceptors (Lipinski definition) is 4. The summed E-state index contributed by atoms with van der Waals surface area (Å²) in [5.74, 6) is 0. The Bertz CT molecular complexity index is 3240. The maximum atomic E-state index is 5.58. The van der Waals surface area contributed by atoms with Gasteiger partial charge in [0.1, 0.15) is 5.69 Å². The van der Waals surface area contributed by atoms with Gasteiger partial charge in [0.2, 0.25) is 0 Å². The second-order valence-electron chi connectivity index (χ2n) is 14.4. The molecule has 0 atom stereocenters. The monoisotopic (exact) mass is 813 g/mol.